The van der Waals surface area contributed by atoms with E-state index in [4.69, 9.17) is 0 Å². The van der Waals surface area contributed by atoms with E-state index < -0.39 is 0 Å². The molecule has 0 spiro atoms. The minimum atomic E-state index is -0.352. The van der Waals surface area contributed by atoms with E-state index in [9.17, 15) is 9.59 Å². The number of rotatable bonds is 4. The van der Waals surface area contributed by atoms with Gasteiger partial charge in [0.2, 0.25) is 0 Å². The Hall–Kier alpha value is -2.47. The van der Waals surface area contributed by atoms with Gasteiger partial charge in [0.25, 0.3) is 11.5 Å². The maximum absolute atomic E-state index is 12.5. The summed E-state index contributed by atoms with van der Waals surface area (Å²) in [4.78, 5) is 29.6. The first-order valence-corrected chi connectivity index (χ1v) is 8.86. The van der Waals surface area contributed by atoms with Gasteiger partial charge in [0.1, 0.15) is 5.56 Å². The number of aromatic nitrogens is 2. The number of hydrogen-bond acceptors (Lipinski definition) is 4. The van der Waals surface area contributed by atoms with Crippen molar-refractivity contribution < 1.29 is 4.79 Å². The van der Waals surface area contributed by atoms with E-state index in [2.05, 4.69) is 22.4 Å². The van der Waals surface area contributed by atoms with Crippen LogP contribution in [0.3, 0.4) is 0 Å². The van der Waals surface area contributed by atoms with Crippen LogP contribution in [0.4, 0.5) is 0 Å². The van der Waals surface area contributed by atoms with Crippen LogP contribution in [-0.2, 0) is 5.41 Å². The minimum absolute atomic E-state index is 0.00692. The molecule has 4 rings (SSSR count). The Bertz CT molecular complexity index is 942. The smallest absolute Gasteiger partial charge is 0.271 e. The molecule has 6 heteroatoms. The number of nitrogens with zero attached hydrogens (tertiary/aromatic N) is 2. The summed E-state index contributed by atoms with van der Waals surface area (Å²) in [6.07, 6.45) is 6.29. The van der Waals surface area contributed by atoms with E-state index in [1.165, 1.54) is 27.5 Å². The van der Waals surface area contributed by atoms with Gasteiger partial charge in [0, 0.05) is 29.7 Å². The molecule has 1 aliphatic carbocycles. The fourth-order valence-electron chi connectivity index (χ4n) is 3.29. The first-order valence-electron chi connectivity index (χ1n) is 7.98. The summed E-state index contributed by atoms with van der Waals surface area (Å²) >= 11 is 1.37. The number of thiazole rings is 1. The standard InChI is InChI=1S/C18H17N3O2S/c22-15(14-11-19-17-21(16(14)23)9-10-24-17)20-12-18(7-4-8-18)13-5-2-1-3-6-13/h1-3,5-6,9-11H,4,7-8,12H2,(H,20,22). The van der Waals surface area contributed by atoms with Crippen molar-refractivity contribution in [2.24, 2.45) is 0 Å². The number of nitrogens with one attached hydrogen (secondary N) is 1. The number of carbonyl (C=O) groups is 1. The summed E-state index contributed by atoms with van der Waals surface area (Å²) in [5.41, 5.74) is 1.02. The third kappa shape index (κ3) is 2.43. The Labute approximate surface area is 143 Å². The average molecular weight is 339 g/mol. The lowest BCUT2D eigenvalue weighted by molar-refractivity contribution is 0.0926. The quantitative estimate of drug-likeness (QED) is 0.795. The molecule has 3 aromatic rings. The normalized spacial score (nSPS) is 15.8. The molecule has 122 valence electrons. The molecule has 1 amide bonds. The number of amides is 1. The maximum Gasteiger partial charge on any atom is 0.271 e. The molecule has 1 fully saturated rings. The molecule has 0 saturated heterocycles. The van der Waals surface area contributed by atoms with E-state index >= 15 is 0 Å². The highest BCUT2D eigenvalue weighted by atomic mass is 32.1. The Morgan fingerprint density at radius 2 is 2.08 bits per heavy atom. The lowest BCUT2D eigenvalue weighted by Crippen LogP contribution is -2.46. The zero-order chi connectivity index (χ0) is 16.6. The SMILES string of the molecule is O=C(NCC1(c2ccccc2)CCC1)c1cnc2sccn2c1=O. The van der Waals surface area contributed by atoms with Crippen LogP contribution in [-0.4, -0.2) is 21.8 Å². The topological polar surface area (TPSA) is 63.5 Å². The molecule has 24 heavy (non-hydrogen) atoms. The van der Waals surface area contributed by atoms with Crippen molar-refractivity contribution >= 4 is 22.2 Å². The lowest BCUT2D eigenvalue weighted by atomic mass is 9.64. The van der Waals surface area contributed by atoms with Crippen LogP contribution >= 0.6 is 11.3 Å². The number of hydrogen-bond donors (Lipinski definition) is 1. The van der Waals surface area contributed by atoms with Crippen LogP contribution in [0, 0.1) is 0 Å². The van der Waals surface area contributed by atoms with E-state index in [0.717, 1.165) is 19.3 Å². The first-order chi connectivity index (χ1) is 11.7. The zero-order valence-electron chi connectivity index (χ0n) is 13.1. The molecule has 1 aromatic carbocycles. The molecule has 2 aromatic heterocycles. The number of benzene rings is 1. The molecule has 2 heterocycles. The molecule has 1 saturated carbocycles. The van der Waals surface area contributed by atoms with Crippen LogP contribution in [0.1, 0.15) is 35.2 Å². The number of fused-ring (bicyclic) bond motifs is 1. The van der Waals surface area contributed by atoms with Gasteiger partial charge >= 0.3 is 0 Å². The van der Waals surface area contributed by atoms with Crippen LogP contribution in [0.5, 0.6) is 0 Å². The lowest BCUT2D eigenvalue weighted by Gasteiger charge is -2.42. The molecular formula is C18H17N3O2S. The Morgan fingerprint density at radius 1 is 1.29 bits per heavy atom. The highest BCUT2D eigenvalue weighted by Crippen LogP contribution is 2.43. The van der Waals surface area contributed by atoms with Gasteiger partial charge in [-0.2, -0.15) is 0 Å². The third-order valence-electron chi connectivity index (χ3n) is 4.87. The summed E-state index contributed by atoms with van der Waals surface area (Å²) in [7, 11) is 0. The average Bonchev–Trinajstić information content (AvgIpc) is 3.04. The van der Waals surface area contributed by atoms with Crippen molar-refractivity contribution in [1.82, 2.24) is 14.7 Å². The van der Waals surface area contributed by atoms with E-state index in [-0.39, 0.29) is 22.4 Å². The molecule has 0 unspecified atom stereocenters. The van der Waals surface area contributed by atoms with Crippen molar-refractivity contribution in [2.45, 2.75) is 24.7 Å². The zero-order valence-corrected chi connectivity index (χ0v) is 13.9. The second kappa shape index (κ2) is 5.87. The molecule has 0 atom stereocenters. The summed E-state index contributed by atoms with van der Waals surface area (Å²) in [5, 5.41) is 4.73. The van der Waals surface area contributed by atoms with Crippen molar-refractivity contribution in [2.75, 3.05) is 6.54 Å². The molecule has 1 N–H and O–H groups in total. The van der Waals surface area contributed by atoms with Gasteiger partial charge in [-0.15, -0.1) is 11.3 Å². The van der Waals surface area contributed by atoms with Crippen molar-refractivity contribution in [3.05, 3.63) is 69.6 Å². The Balaban J connectivity index is 1.55. The van der Waals surface area contributed by atoms with Gasteiger partial charge in [-0.05, 0) is 18.4 Å². The second-order valence-electron chi connectivity index (χ2n) is 6.22. The fraction of sp³-hybridized carbons (Fsp3) is 0.278. The molecule has 0 bridgehead atoms. The van der Waals surface area contributed by atoms with Gasteiger partial charge < -0.3 is 5.32 Å². The monoisotopic (exact) mass is 339 g/mol. The predicted octanol–water partition coefficient (Wildman–Crippen LogP) is 2.61. The van der Waals surface area contributed by atoms with Gasteiger partial charge in [-0.1, -0.05) is 36.8 Å². The van der Waals surface area contributed by atoms with Gasteiger partial charge in [0.15, 0.2) is 4.96 Å². The van der Waals surface area contributed by atoms with Gasteiger partial charge in [-0.25, -0.2) is 4.98 Å². The summed E-state index contributed by atoms with van der Waals surface area (Å²) in [5.74, 6) is -0.352. The van der Waals surface area contributed by atoms with Crippen LogP contribution in [0.25, 0.3) is 4.96 Å². The highest BCUT2D eigenvalue weighted by molar-refractivity contribution is 7.15. The van der Waals surface area contributed by atoms with Crippen LogP contribution in [0.2, 0.25) is 0 Å². The van der Waals surface area contributed by atoms with Gasteiger partial charge in [-0.3, -0.25) is 14.0 Å². The van der Waals surface area contributed by atoms with Crippen molar-refractivity contribution in [1.29, 1.82) is 0 Å². The molecular weight excluding hydrogens is 322 g/mol. The van der Waals surface area contributed by atoms with Crippen LogP contribution < -0.4 is 10.9 Å². The maximum atomic E-state index is 12.5. The largest absolute Gasteiger partial charge is 0.351 e. The fourth-order valence-corrected chi connectivity index (χ4v) is 3.96. The Kier molecular flexibility index (Phi) is 3.69. The van der Waals surface area contributed by atoms with Crippen LogP contribution in [0.15, 0.2) is 52.9 Å². The van der Waals surface area contributed by atoms with E-state index in [1.807, 2.05) is 18.2 Å². The molecule has 0 radical (unpaired) electrons. The molecule has 0 aliphatic heterocycles. The first kappa shape index (κ1) is 15.1. The van der Waals surface area contributed by atoms with Crippen molar-refractivity contribution in [3.8, 4) is 0 Å². The summed E-state index contributed by atoms with van der Waals surface area (Å²) < 4.78 is 1.41. The third-order valence-corrected chi connectivity index (χ3v) is 5.64. The van der Waals surface area contributed by atoms with Gasteiger partial charge in [0.05, 0.1) is 0 Å². The highest BCUT2D eigenvalue weighted by Gasteiger charge is 2.38. The molecule has 5 nitrogen and oxygen atoms in total. The molecule has 1 aliphatic rings. The Morgan fingerprint density at radius 3 is 2.79 bits per heavy atom. The van der Waals surface area contributed by atoms with Crippen molar-refractivity contribution in [3.63, 3.8) is 0 Å². The second-order valence-corrected chi connectivity index (χ2v) is 7.09. The predicted molar refractivity (Wildman–Crippen MR) is 93.6 cm³/mol. The summed E-state index contributed by atoms with van der Waals surface area (Å²) in [6.45, 7) is 0.543. The van der Waals surface area contributed by atoms with E-state index in [1.54, 1.807) is 11.6 Å². The minimum Gasteiger partial charge on any atom is -0.351 e. The van der Waals surface area contributed by atoms with E-state index in [0.29, 0.717) is 11.5 Å². The number of carbonyl (C=O) groups excluding carboxylic acids is 1. The summed E-state index contributed by atoms with van der Waals surface area (Å²) in [6, 6.07) is 10.3.